The number of nitrogens with one attached hydrogen (secondary N) is 1. The molecule has 0 aliphatic heterocycles. The molecule has 2 aromatic rings. The standard InChI is InChI=1S/C14H19N3O/c1-3-11-5-7-12(8-6-11)13(4-2)15-9-14-16-10-18-17-14/h5-8,10,13,15H,3-4,9H2,1-2H3. The molecule has 4 heteroatoms. The minimum atomic E-state index is 0.328. The van der Waals surface area contributed by atoms with Gasteiger partial charge in [0.2, 0.25) is 6.39 Å². The summed E-state index contributed by atoms with van der Waals surface area (Å²) >= 11 is 0. The van der Waals surface area contributed by atoms with Crippen LogP contribution >= 0.6 is 0 Å². The molecule has 0 fully saturated rings. The van der Waals surface area contributed by atoms with Gasteiger partial charge in [-0.3, -0.25) is 0 Å². The predicted octanol–water partition coefficient (Wildman–Crippen LogP) is 2.87. The fraction of sp³-hybridized carbons (Fsp3) is 0.429. The third kappa shape index (κ3) is 3.17. The van der Waals surface area contributed by atoms with Crippen LogP contribution in [0.1, 0.15) is 43.3 Å². The summed E-state index contributed by atoms with van der Waals surface area (Å²) in [4.78, 5) is 4.00. The van der Waals surface area contributed by atoms with Crippen molar-refractivity contribution in [2.75, 3.05) is 0 Å². The lowest BCUT2D eigenvalue weighted by Crippen LogP contribution is -2.20. The molecule has 0 bridgehead atoms. The summed E-state index contributed by atoms with van der Waals surface area (Å²) in [7, 11) is 0. The Morgan fingerprint density at radius 3 is 2.56 bits per heavy atom. The van der Waals surface area contributed by atoms with E-state index in [0.717, 1.165) is 12.8 Å². The van der Waals surface area contributed by atoms with Crippen LogP contribution in [0.3, 0.4) is 0 Å². The maximum atomic E-state index is 4.72. The summed E-state index contributed by atoms with van der Waals surface area (Å²) in [6.07, 6.45) is 3.46. The Kier molecular flexibility index (Phi) is 4.47. The third-order valence-corrected chi connectivity index (χ3v) is 3.11. The van der Waals surface area contributed by atoms with Gasteiger partial charge in [-0.25, -0.2) is 0 Å². The Morgan fingerprint density at radius 1 is 1.22 bits per heavy atom. The topological polar surface area (TPSA) is 51.0 Å². The highest BCUT2D eigenvalue weighted by atomic mass is 16.5. The van der Waals surface area contributed by atoms with E-state index in [1.165, 1.54) is 17.5 Å². The van der Waals surface area contributed by atoms with E-state index >= 15 is 0 Å². The zero-order chi connectivity index (χ0) is 12.8. The predicted molar refractivity (Wildman–Crippen MR) is 70.0 cm³/mol. The van der Waals surface area contributed by atoms with Gasteiger partial charge in [-0.2, -0.15) is 4.98 Å². The van der Waals surface area contributed by atoms with E-state index in [-0.39, 0.29) is 0 Å². The molecule has 1 atom stereocenters. The summed E-state index contributed by atoms with van der Waals surface area (Å²) in [6.45, 7) is 4.97. The summed E-state index contributed by atoms with van der Waals surface area (Å²) in [5, 5.41) is 7.24. The zero-order valence-corrected chi connectivity index (χ0v) is 10.9. The average Bonchev–Trinajstić information content (AvgIpc) is 2.93. The van der Waals surface area contributed by atoms with Crippen molar-refractivity contribution in [3.8, 4) is 0 Å². The van der Waals surface area contributed by atoms with E-state index in [1.807, 2.05) is 0 Å². The highest BCUT2D eigenvalue weighted by Gasteiger charge is 2.09. The Labute approximate surface area is 107 Å². The fourth-order valence-corrected chi connectivity index (χ4v) is 1.97. The van der Waals surface area contributed by atoms with E-state index in [0.29, 0.717) is 18.4 Å². The van der Waals surface area contributed by atoms with Gasteiger partial charge in [0.05, 0.1) is 6.54 Å². The maximum Gasteiger partial charge on any atom is 0.213 e. The Bertz CT molecular complexity index is 450. The second-order valence-corrected chi connectivity index (χ2v) is 4.28. The lowest BCUT2D eigenvalue weighted by atomic mass is 10.0. The molecule has 1 aromatic carbocycles. The number of aromatic nitrogens is 2. The monoisotopic (exact) mass is 245 g/mol. The molecular weight excluding hydrogens is 226 g/mol. The highest BCUT2D eigenvalue weighted by Crippen LogP contribution is 2.17. The molecule has 0 saturated heterocycles. The summed E-state index contributed by atoms with van der Waals surface area (Å²) in [6, 6.07) is 9.09. The van der Waals surface area contributed by atoms with Gasteiger partial charge in [0, 0.05) is 6.04 Å². The molecule has 0 aliphatic rings. The number of nitrogens with zero attached hydrogens (tertiary/aromatic N) is 2. The van der Waals surface area contributed by atoms with Crippen molar-refractivity contribution in [3.05, 3.63) is 47.6 Å². The largest absolute Gasteiger partial charge is 0.343 e. The van der Waals surface area contributed by atoms with Crippen LogP contribution in [0.15, 0.2) is 35.2 Å². The maximum absolute atomic E-state index is 4.72. The fourth-order valence-electron chi connectivity index (χ4n) is 1.97. The van der Waals surface area contributed by atoms with Crippen molar-refractivity contribution in [2.24, 2.45) is 0 Å². The molecule has 0 amide bonds. The molecule has 96 valence electrons. The van der Waals surface area contributed by atoms with Crippen LogP contribution in [0, 0.1) is 0 Å². The number of rotatable bonds is 6. The van der Waals surface area contributed by atoms with Crippen LogP contribution in [0.4, 0.5) is 0 Å². The molecule has 0 saturated carbocycles. The van der Waals surface area contributed by atoms with Gasteiger partial charge in [0.1, 0.15) is 0 Å². The summed E-state index contributed by atoms with van der Waals surface area (Å²) in [5.74, 6) is 0.693. The number of aryl methyl sites for hydroxylation is 1. The van der Waals surface area contributed by atoms with Crippen molar-refractivity contribution >= 4 is 0 Å². The molecule has 0 spiro atoms. The number of hydrogen-bond donors (Lipinski definition) is 1. The van der Waals surface area contributed by atoms with E-state index < -0.39 is 0 Å². The molecule has 1 unspecified atom stereocenters. The average molecular weight is 245 g/mol. The Balaban J connectivity index is 1.98. The van der Waals surface area contributed by atoms with Crippen LogP contribution in [-0.4, -0.2) is 10.1 Å². The van der Waals surface area contributed by atoms with Crippen LogP contribution in [0.2, 0.25) is 0 Å². The second kappa shape index (κ2) is 6.31. The first kappa shape index (κ1) is 12.8. The minimum Gasteiger partial charge on any atom is -0.343 e. The van der Waals surface area contributed by atoms with Gasteiger partial charge in [0.25, 0.3) is 0 Å². The molecule has 0 radical (unpaired) electrons. The molecule has 18 heavy (non-hydrogen) atoms. The third-order valence-electron chi connectivity index (χ3n) is 3.11. The van der Waals surface area contributed by atoms with E-state index in [4.69, 9.17) is 4.52 Å². The lowest BCUT2D eigenvalue weighted by Gasteiger charge is -2.16. The number of hydrogen-bond acceptors (Lipinski definition) is 4. The molecular formula is C14H19N3O. The summed E-state index contributed by atoms with van der Waals surface area (Å²) in [5.41, 5.74) is 2.67. The quantitative estimate of drug-likeness (QED) is 0.850. The second-order valence-electron chi connectivity index (χ2n) is 4.28. The first-order valence-electron chi connectivity index (χ1n) is 6.41. The summed E-state index contributed by atoms with van der Waals surface area (Å²) < 4.78 is 4.72. The van der Waals surface area contributed by atoms with E-state index in [1.54, 1.807) is 0 Å². The van der Waals surface area contributed by atoms with E-state index in [9.17, 15) is 0 Å². The van der Waals surface area contributed by atoms with Crippen LogP contribution in [-0.2, 0) is 13.0 Å². The van der Waals surface area contributed by atoms with E-state index in [2.05, 4.69) is 53.6 Å². The minimum absolute atomic E-state index is 0.328. The molecule has 1 heterocycles. The highest BCUT2D eigenvalue weighted by molar-refractivity contribution is 5.25. The van der Waals surface area contributed by atoms with Gasteiger partial charge in [-0.15, -0.1) is 0 Å². The van der Waals surface area contributed by atoms with Crippen LogP contribution in [0.5, 0.6) is 0 Å². The Hall–Kier alpha value is -1.68. The molecule has 2 rings (SSSR count). The first-order valence-corrected chi connectivity index (χ1v) is 6.41. The molecule has 1 N–H and O–H groups in total. The number of benzene rings is 1. The van der Waals surface area contributed by atoms with Crippen molar-refractivity contribution < 1.29 is 4.52 Å². The van der Waals surface area contributed by atoms with Crippen LogP contribution < -0.4 is 5.32 Å². The van der Waals surface area contributed by atoms with Crippen molar-refractivity contribution in [1.82, 2.24) is 15.5 Å². The van der Waals surface area contributed by atoms with Gasteiger partial charge in [-0.1, -0.05) is 43.3 Å². The Morgan fingerprint density at radius 2 is 2.00 bits per heavy atom. The lowest BCUT2D eigenvalue weighted by molar-refractivity contribution is 0.403. The van der Waals surface area contributed by atoms with Crippen LogP contribution in [0.25, 0.3) is 0 Å². The van der Waals surface area contributed by atoms with Gasteiger partial charge in [-0.05, 0) is 24.0 Å². The molecule has 0 aliphatic carbocycles. The van der Waals surface area contributed by atoms with Gasteiger partial charge in [0.15, 0.2) is 5.82 Å². The van der Waals surface area contributed by atoms with Gasteiger partial charge < -0.3 is 9.84 Å². The van der Waals surface area contributed by atoms with Crippen molar-refractivity contribution in [3.63, 3.8) is 0 Å². The molecule has 1 aromatic heterocycles. The normalized spacial score (nSPS) is 12.6. The first-order chi connectivity index (χ1) is 8.83. The molecule has 4 nitrogen and oxygen atoms in total. The van der Waals surface area contributed by atoms with Crippen molar-refractivity contribution in [2.45, 2.75) is 39.3 Å². The van der Waals surface area contributed by atoms with Gasteiger partial charge >= 0.3 is 0 Å². The zero-order valence-electron chi connectivity index (χ0n) is 10.9. The smallest absolute Gasteiger partial charge is 0.213 e. The van der Waals surface area contributed by atoms with Crippen molar-refractivity contribution in [1.29, 1.82) is 0 Å². The SMILES string of the molecule is CCc1ccc(C(CC)NCc2ncon2)cc1.